The van der Waals surface area contributed by atoms with Crippen LogP contribution < -0.4 is 4.84 Å². The van der Waals surface area contributed by atoms with E-state index in [2.05, 4.69) is 10.3 Å². The number of aromatic nitrogens is 3. The molecule has 0 saturated carbocycles. The van der Waals surface area contributed by atoms with Gasteiger partial charge in [-0.05, 0) is 51.0 Å². The third-order valence-electron chi connectivity index (χ3n) is 3.65. The van der Waals surface area contributed by atoms with Gasteiger partial charge in [-0.15, -0.1) is 5.10 Å². The first-order valence-electron chi connectivity index (χ1n) is 7.87. The topological polar surface area (TPSA) is 86.5 Å². The van der Waals surface area contributed by atoms with Crippen LogP contribution in [0, 0.1) is 0 Å². The molecule has 1 saturated heterocycles. The van der Waals surface area contributed by atoms with E-state index < -0.39 is 23.7 Å². The van der Waals surface area contributed by atoms with Gasteiger partial charge in [0, 0.05) is 6.54 Å². The smallest absolute Gasteiger partial charge is 0.411 e. The van der Waals surface area contributed by atoms with Crippen molar-refractivity contribution in [2.24, 2.45) is 0 Å². The summed E-state index contributed by atoms with van der Waals surface area (Å²) in [4.78, 5) is 32.5. The van der Waals surface area contributed by atoms with E-state index in [1.54, 1.807) is 39.0 Å². The lowest BCUT2D eigenvalue weighted by atomic mass is 10.2. The predicted molar refractivity (Wildman–Crippen MR) is 85.1 cm³/mol. The molecule has 3 rings (SSSR count). The maximum absolute atomic E-state index is 12.5. The Hall–Kier alpha value is -2.64. The monoisotopic (exact) mass is 332 g/mol. The number of para-hydroxylation sites is 1. The minimum absolute atomic E-state index is 0.465. The van der Waals surface area contributed by atoms with Crippen LogP contribution in [0.5, 0.6) is 0 Å². The van der Waals surface area contributed by atoms with Gasteiger partial charge < -0.3 is 9.57 Å². The molecule has 8 heteroatoms. The van der Waals surface area contributed by atoms with E-state index in [-0.39, 0.29) is 0 Å². The summed E-state index contributed by atoms with van der Waals surface area (Å²) in [6.45, 7) is 5.83. The van der Waals surface area contributed by atoms with Gasteiger partial charge >= 0.3 is 12.1 Å². The summed E-state index contributed by atoms with van der Waals surface area (Å²) < 4.78 is 5.35. The minimum atomic E-state index is -0.678. The van der Waals surface area contributed by atoms with Gasteiger partial charge in [0.2, 0.25) is 0 Å². The summed E-state index contributed by atoms with van der Waals surface area (Å²) in [5.74, 6) is -0.547. The number of likely N-dealkylation sites (tertiary alicyclic amines) is 1. The highest BCUT2D eigenvalue weighted by Gasteiger charge is 2.38. The number of carbonyl (C=O) groups excluding carboxylic acids is 2. The van der Waals surface area contributed by atoms with Crippen LogP contribution in [0.1, 0.15) is 33.6 Å². The lowest BCUT2D eigenvalue weighted by Gasteiger charge is -2.27. The molecule has 24 heavy (non-hydrogen) atoms. The average molecular weight is 332 g/mol. The van der Waals surface area contributed by atoms with Gasteiger partial charge in [-0.1, -0.05) is 17.0 Å². The summed E-state index contributed by atoms with van der Waals surface area (Å²) in [7, 11) is 0. The summed E-state index contributed by atoms with van der Waals surface area (Å²) >= 11 is 0. The molecule has 0 spiro atoms. The molecular formula is C16H20N4O4. The van der Waals surface area contributed by atoms with Crippen molar-refractivity contribution in [2.75, 3.05) is 6.54 Å². The Kier molecular flexibility index (Phi) is 4.13. The van der Waals surface area contributed by atoms with Gasteiger partial charge in [0.25, 0.3) is 0 Å². The van der Waals surface area contributed by atoms with Crippen molar-refractivity contribution in [1.82, 2.24) is 20.1 Å². The summed E-state index contributed by atoms with van der Waals surface area (Å²) in [6, 6.07) is 6.48. The minimum Gasteiger partial charge on any atom is -0.444 e. The van der Waals surface area contributed by atoms with Crippen LogP contribution in [-0.4, -0.2) is 50.3 Å². The second kappa shape index (κ2) is 6.10. The second-order valence-electron chi connectivity index (χ2n) is 6.69. The number of hydrogen-bond donors (Lipinski definition) is 0. The summed E-state index contributed by atoms with van der Waals surface area (Å²) in [6.07, 6.45) is 0.743. The molecule has 1 atom stereocenters. The highest BCUT2D eigenvalue weighted by molar-refractivity contribution is 5.83. The number of hydrogen-bond acceptors (Lipinski definition) is 6. The molecule has 8 nitrogen and oxygen atoms in total. The zero-order chi connectivity index (χ0) is 17.3. The molecule has 1 aromatic heterocycles. The summed E-state index contributed by atoms with van der Waals surface area (Å²) in [5, 5.41) is 7.76. The van der Waals surface area contributed by atoms with Gasteiger partial charge in [-0.25, -0.2) is 9.59 Å². The van der Waals surface area contributed by atoms with Crippen LogP contribution in [0.3, 0.4) is 0 Å². The van der Waals surface area contributed by atoms with Gasteiger partial charge in [0.05, 0.1) is 0 Å². The second-order valence-corrected chi connectivity index (χ2v) is 6.69. The number of amides is 1. The van der Waals surface area contributed by atoms with Crippen LogP contribution in [0.25, 0.3) is 11.0 Å². The van der Waals surface area contributed by atoms with Crippen molar-refractivity contribution in [3.63, 3.8) is 0 Å². The third-order valence-corrected chi connectivity index (χ3v) is 3.65. The molecule has 1 aromatic carbocycles. The lowest BCUT2D eigenvalue weighted by Crippen LogP contribution is -2.46. The molecule has 128 valence electrons. The molecular weight excluding hydrogens is 312 g/mol. The van der Waals surface area contributed by atoms with E-state index in [4.69, 9.17) is 9.57 Å². The predicted octanol–water partition coefficient (Wildman–Crippen LogP) is 1.79. The zero-order valence-corrected chi connectivity index (χ0v) is 13.9. The SMILES string of the molecule is CC(C)(C)OC(=O)N1CCC[C@H]1C(=O)On1nnc2ccccc21. The zero-order valence-electron chi connectivity index (χ0n) is 13.9. The number of carbonyl (C=O) groups is 2. The van der Waals surface area contributed by atoms with Crippen molar-refractivity contribution in [1.29, 1.82) is 0 Å². The van der Waals surface area contributed by atoms with Crippen LogP contribution >= 0.6 is 0 Å². The standard InChI is InChI=1S/C16H20N4O4/c1-16(2,3)23-15(22)19-10-6-9-13(19)14(21)24-20-12-8-5-4-7-11(12)17-18-20/h4-5,7-8,13H,6,9-10H2,1-3H3/t13-/m0/s1. The van der Waals surface area contributed by atoms with Crippen LogP contribution in [-0.2, 0) is 9.53 Å². The molecule has 2 aromatic rings. The molecule has 1 fully saturated rings. The van der Waals surface area contributed by atoms with Crippen LogP contribution in [0.4, 0.5) is 4.79 Å². The Morgan fingerprint density at radius 1 is 1.25 bits per heavy atom. The fourth-order valence-corrected chi connectivity index (χ4v) is 2.61. The van der Waals surface area contributed by atoms with E-state index in [1.165, 1.54) is 4.90 Å². The molecule has 0 unspecified atom stereocenters. The van der Waals surface area contributed by atoms with E-state index in [0.29, 0.717) is 24.0 Å². The highest BCUT2D eigenvalue weighted by Crippen LogP contribution is 2.21. The van der Waals surface area contributed by atoms with Gasteiger partial charge in [-0.3, -0.25) is 4.90 Å². The Labute approximate surface area is 139 Å². The Morgan fingerprint density at radius 2 is 2.00 bits per heavy atom. The third kappa shape index (κ3) is 3.32. The Morgan fingerprint density at radius 3 is 2.75 bits per heavy atom. The first-order valence-corrected chi connectivity index (χ1v) is 7.87. The molecule has 0 bridgehead atoms. The lowest BCUT2D eigenvalue weighted by molar-refractivity contribution is -0.150. The maximum Gasteiger partial charge on any atom is 0.411 e. The Balaban J connectivity index is 1.73. The van der Waals surface area contributed by atoms with Crippen LogP contribution in [0.15, 0.2) is 24.3 Å². The van der Waals surface area contributed by atoms with E-state index in [0.717, 1.165) is 11.3 Å². The molecule has 1 amide bonds. The molecule has 0 aliphatic carbocycles. The van der Waals surface area contributed by atoms with Crippen molar-refractivity contribution in [3.05, 3.63) is 24.3 Å². The molecule has 0 N–H and O–H groups in total. The van der Waals surface area contributed by atoms with Gasteiger partial charge in [0.1, 0.15) is 22.7 Å². The largest absolute Gasteiger partial charge is 0.444 e. The average Bonchev–Trinajstić information content (AvgIpc) is 3.13. The van der Waals surface area contributed by atoms with Crippen molar-refractivity contribution < 1.29 is 19.2 Å². The number of nitrogens with zero attached hydrogens (tertiary/aromatic N) is 4. The van der Waals surface area contributed by atoms with E-state index in [9.17, 15) is 9.59 Å². The van der Waals surface area contributed by atoms with Crippen molar-refractivity contribution in [2.45, 2.75) is 45.3 Å². The van der Waals surface area contributed by atoms with Crippen molar-refractivity contribution >= 4 is 23.1 Å². The van der Waals surface area contributed by atoms with Gasteiger partial charge in [-0.2, -0.15) is 0 Å². The van der Waals surface area contributed by atoms with E-state index >= 15 is 0 Å². The molecule has 1 aliphatic heterocycles. The van der Waals surface area contributed by atoms with E-state index in [1.807, 2.05) is 6.07 Å². The first-order chi connectivity index (χ1) is 11.3. The molecule has 1 aliphatic rings. The number of ether oxygens (including phenoxy) is 1. The quantitative estimate of drug-likeness (QED) is 0.779. The van der Waals surface area contributed by atoms with Gasteiger partial charge in [0.15, 0.2) is 0 Å². The number of fused-ring (bicyclic) bond motifs is 1. The van der Waals surface area contributed by atoms with Crippen LogP contribution in [0.2, 0.25) is 0 Å². The fraction of sp³-hybridized carbons (Fsp3) is 0.500. The summed E-state index contributed by atoms with van der Waals surface area (Å²) in [5.41, 5.74) is 0.601. The number of rotatable bonds is 2. The van der Waals surface area contributed by atoms with Crippen molar-refractivity contribution in [3.8, 4) is 0 Å². The molecule has 2 heterocycles. The number of benzene rings is 1. The fourth-order valence-electron chi connectivity index (χ4n) is 2.61. The highest BCUT2D eigenvalue weighted by atomic mass is 16.7. The normalized spacial score (nSPS) is 18.0. The first kappa shape index (κ1) is 16.2. The Bertz CT molecular complexity index is 765. The maximum atomic E-state index is 12.5. The molecule has 0 radical (unpaired) electrons.